The van der Waals surface area contributed by atoms with Gasteiger partial charge in [0.2, 0.25) is 5.95 Å². The average molecular weight is 302 g/mol. The number of hydrogen-bond donors (Lipinski definition) is 3. The van der Waals surface area contributed by atoms with Crippen LogP contribution in [0.5, 0.6) is 0 Å². The van der Waals surface area contributed by atoms with E-state index in [1.165, 1.54) is 12.8 Å². The molecule has 5 nitrogen and oxygen atoms in total. The van der Waals surface area contributed by atoms with Crippen molar-refractivity contribution in [3.63, 3.8) is 0 Å². The van der Waals surface area contributed by atoms with E-state index < -0.39 is 0 Å². The highest BCUT2D eigenvalue weighted by atomic mass is 16.3. The summed E-state index contributed by atoms with van der Waals surface area (Å²) in [6.07, 6.45) is 4.27. The van der Waals surface area contributed by atoms with Gasteiger partial charge in [-0.05, 0) is 43.4 Å². The number of nitrogens with two attached hydrogens (primary N) is 1. The molecule has 1 heterocycles. The van der Waals surface area contributed by atoms with Crippen LogP contribution in [0.15, 0.2) is 18.2 Å². The third-order valence-corrected chi connectivity index (χ3v) is 3.93. The Labute approximate surface area is 132 Å². The summed E-state index contributed by atoms with van der Waals surface area (Å²) in [5, 5.41) is 13.6. The van der Waals surface area contributed by atoms with Gasteiger partial charge in [-0.3, -0.25) is 0 Å². The summed E-state index contributed by atoms with van der Waals surface area (Å²) in [6, 6.07) is 6.09. The van der Waals surface area contributed by atoms with Crippen LogP contribution in [0.1, 0.15) is 38.2 Å². The Hall–Kier alpha value is -1.88. The number of benzene rings is 1. The van der Waals surface area contributed by atoms with Crippen LogP contribution >= 0.6 is 0 Å². The minimum atomic E-state index is 0.224. The lowest BCUT2D eigenvalue weighted by atomic mass is 9.99. The van der Waals surface area contributed by atoms with E-state index in [2.05, 4.69) is 28.3 Å². The van der Waals surface area contributed by atoms with Gasteiger partial charge in [-0.1, -0.05) is 25.8 Å². The molecule has 22 heavy (non-hydrogen) atoms. The van der Waals surface area contributed by atoms with Crippen molar-refractivity contribution in [2.75, 3.05) is 24.2 Å². The number of anilines is 2. The molecule has 1 aromatic carbocycles. The predicted octanol–water partition coefficient (Wildman–Crippen LogP) is 3.12. The molecule has 1 aromatic heterocycles. The average Bonchev–Trinajstić information content (AvgIpc) is 2.49. The van der Waals surface area contributed by atoms with Crippen molar-refractivity contribution < 1.29 is 5.11 Å². The van der Waals surface area contributed by atoms with Gasteiger partial charge in [-0.2, -0.15) is 4.98 Å². The minimum Gasteiger partial charge on any atom is -0.396 e. The van der Waals surface area contributed by atoms with Crippen molar-refractivity contribution in [1.82, 2.24) is 9.97 Å². The molecule has 0 fully saturated rings. The summed E-state index contributed by atoms with van der Waals surface area (Å²) < 4.78 is 0. The number of rotatable bonds is 8. The van der Waals surface area contributed by atoms with Gasteiger partial charge in [0.15, 0.2) is 0 Å². The standard InChI is InChI=1S/C17H26N4O/c1-3-4-5-13(8-9-22)11-19-16-14-7-6-12(2)10-15(14)20-17(18)21-16/h6-7,10,13,22H,3-5,8-9,11H2,1-2H3,(H3,18,19,20,21)/t13-/m0/s1. The summed E-state index contributed by atoms with van der Waals surface area (Å²) >= 11 is 0. The van der Waals surface area contributed by atoms with E-state index in [1.54, 1.807) is 0 Å². The quantitative estimate of drug-likeness (QED) is 0.697. The first-order valence-electron chi connectivity index (χ1n) is 8.02. The van der Waals surface area contributed by atoms with Gasteiger partial charge in [-0.15, -0.1) is 0 Å². The number of nitrogen functional groups attached to an aromatic ring is 1. The molecular formula is C17H26N4O. The molecule has 0 saturated carbocycles. The number of hydrogen-bond acceptors (Lipinski definition) is 5. The normalized spacial score (nSPS) is 12.5. The fourth-order valence-electron chi connectivity index (χ4n) is 2.66. The van der Waals surface area contributed by atoms with E-state index in [1.807, 2.05) is 19.1 Å². The van der Waals surface area contributed by atoms with E-state index >= 15 is 0 Å². The maximum atomic E-state index is 9.21. The van der Waals surface area contributed by atoms with Crippen LogP contribution in [0.3, 0.4) is 0 Å². The SMILES string of the molecule is CCCC[C@@H](CCO)CNc1nc(N)nc2cc(C)ccc12. The summed E-state index contributed by atoms with van der Waals surface area (Å²) in [6.45, 7) is 5.24. The lowest BCUT2D eigenvalue weighted by Gasteiger charge is -2.17. The highest BCUT2D eigenvalue weighted by Crippen LogP contribution is 2.23. The lowest BCUT2D eigenvalue weighted by Crippen LogP contribution is -2.17. The maximum Gasteiger partial charge on any atom is 0.222 e. The molecule has 0 bridgehead atoms. The van der Waals surface area contributed by atoms with Crippen molar-refractivity contribution in [2.45, 2.75) is 39.5 Å². The molecule has 5 heteroatoms. The maximum absolute atomic E-state index is 9.21. The highest BCUT2D eigenvalue weighted by molar-refractivity contribution is 5.90. The van der Waals surface area contributed by atoms with Gasteiger partial charge >= 0.3 is 0 Å². The van der Waals surface area contributed by atoms with Crippen LogP contribution in [0, 0.1) is 12.8 Å². The Balaban J connectivity index is 2.16. The first-order chi connectivity index (χ1) is 10.6. The molecule has 1 atom stereocenters. The number of aliphatic hydroxyl groups is 1. The number of nitrogens with one attached hydrogen (secondary N) is 1. The number of aliphatic hydroxyl groups excluding tert-OH is 1. The summed E-state index contributed by atoms with van der Waals surface area (Å²) in [4.78, 5) is 8.63. The van der Waals surface area contributed by atoms with E-state index in [-0.39, 0.29) is 12.6 Å². The van der Waals surface area contributed by atoms with E-state index in [9.17, 15) is 5.11 Å². The number of nitrogens with zero attached hydrogens (tertiary/aromatic N) is 2. The molecule has 120 valence electrons. The first kappa shape index (κ1) is 16.5. The summed E-state index contributed by atoms with van der Waals surface area (Å²) in [5.41, 5.74) is 7.83. The molecule has 0 amide bonds. The Morgan fingerprint density at radius 2 is 2.09 bits per heavy atom. The van der Waals surface area contributed by atoms with Gasteiger partial charge in [0, 0.05) is 18.5 Å². The van der Waals surface area contributed by atoms with E-state index in [0.717, 1.165) is 41.7 Å². The van der Waals surface area contributed by atoms with Gasteiger partial charge < -0.3 is 16.2 Å². The highest BCUT2D eigenvalue weighted by Gasteiger charge is 2.11. The summed E-state index contributed by atoms with van der Waals surface area (Å²) in [5.74, 6) is 1.51. The molecule has 0 aliphatic heterocycles. The van der Waals surface area contributed by atoms with Crippen molar-refractivity contribution in [3.8, 4) is 0 Å². The Kier molecular flexibility index (Phi) is 5.95. The fourth-order valence-corrected chi connectivity index (χ4v) is 2.66. The van der Waals surface area contributed by atoms with Crippen molar-refractivity contribution in [2.24, 2.45) is 5.92 Å². The molecular weight excluding hydrogens is 276 g/mol. The van der Waals surface area contributed by atoms with Crippen molar-refractivity contribution >= 4 is 22.7 Å². The molecule has 4 N–H and O–H groups in total. The van der Waals surface area contributed by atoms with Gasteiger partial charge in [0.1, 0.15) is 5.82 Å². The number of aromatic nitrogens is 2. The van der Waals surface area contributed by atoms with Crippen LogP contribution in [0.25, 0.3) is 10.9 Å². The van der Waals surface area contributed by atoms with E-state index in [4.69, 9.17) is 5.73 Å². The van der Waals surface area contributed by atoms with Crippen molar-refractivity contribution in [3.05, 3.63) is 23.8 Å². The van der Waals surface area contributed by atoms with Crippen LogP contribution < -0.4 is 11.1 Å². The lowest BCUT2D eigenvalue weighted by molar-refractivity contribution is 0.254. The second-order valence-electron chi connectivity index (χ2n) is 5.85. The monoisotopic (exact) mass is 302 g/mol. The van der Waals surface area contributed by atoms with Crippen LogP contribution in [-0.4, -0.2) is 28.2 Å². The Morgan fingerprint density at radius 3 is 2.82 bits per heavy atom. The summed E-state index contributed by atoms with van der Waals surface area (Å²) in [7, 11) is 0. The zero-order valence-corrected chi connectivity index (χ0v) is 13.5. The van der Waals surface area contributed by atoms with Crippen molar-refractivity contribution in [1.29, 1.82) is 0 Å². The Bertz CT molecular complexity index is 610. The number of fused-ring (bicyclic) bond motifs is 1. The zero-order chi connectivity index (χ0) is 15.9. The largest absolute Gasteiger partial charge is 0.396 e. The molecule has 0 aliphatic carbocycles. The third-order valence-electron chi connectivity index (χ3n) is 3.93. The van der Waals surface area contributed by atoms with E-state index in [0.29, 0.717) is 5.92 Å². The number of aryl methyl sites for hydroxylation is 1. The van der Waals surface area contributed by atoms with Gasteiger partial charge in [-0.25, -0.2) is 4.98 Å². The topological polar surface area (TPSA) is 84.1 Å². The smallest absolute Gasteiger partial charge is 0.222 e. The zero-order valence-electron chi connectivity index (χ0n) is 13.5. The van der Waals surface area contributed by atoms with Crippen LogP contribution in [0.4, 0.5) is 11.8 Å². The predicted molar refractivity (Wildman–Crippen MR) is 91.9 cm³/mol. The van der Waals surface area contributed by atoms with Crippen LogP contribution in [0.2, 0.25) is 0 Å². The van der Waals surface area contributed by atoms with Gasteiger partial charge in [0.05, 0.1) is 5.52 Å². The first-order valence-corrected chi connectivity index (χ1v) is 8.02. The molecule has 0 saturated heterocycles. The molecule has 2 aromatic rings. The second kappa shape index (κ2) is 7.94. The second-order valence-corrected chi connectivity index (χ2v) is 5.85. The molecule has 0 aliphatic rings. The van der Waals surface area contributed by atoms with Gasteiger partial charge in [0.25, 0.3) is 0 Å². The molecule has 2 rings (SSSR count). The fraction of sp³-hybridized carbons (Fsp3) is 0.529. The molecule has 0 spiro atoms. The molecule has 0 radical (unpaired) electrons. The molecule has 0 unspecified atom stereocenters. The number of unbranched alkanes of at least 4 members (excludes halogenated alkanes) is 1. The third kappa shape index (κ3) is 4.31. The van der Waals surface area contributed by atoms with Crippen LogP contribution in [-0.2, 0) is 0 Å². The minimum absolute atomic E-state index is 0.224. The Morgan fingerprint density at radius 1 is 1.27 bits per heavy atom.